The molecule has 0 aliphatic rings. The molecule has 0 saturated heterocycles. The second-order valence-electron chi connectivity index (χ2n) is 2.29. The minimum Gasteiger partial charge on any atom is -0.391 e. The Balaban J connectivity index is 3.58. The van der Waals surface area contributed by atoms with Crippen LogP contribution < -0.4 is 0 Å². The first-order valence-electron chi connectivity index (χ1n) is 3.22. The molecule has 0 spiro atoms. The van der Waals surface area contributed by atoms with E-state index in [1.54, 1.807) is 0 Å². The fourth-order valence-corrected chi connectivity index (χ4v) is 0.613. The normalized spacial score (nSPS) is 20.1. The van der Waals surface area contributed by atoms with Gasteiger partial charge in [0.25, 0.3) is 0 Å². The quantitative estimate of drug-likeness (QED) is 0.475. The van der Waals surface area contributed by atoms with E-state index in [0.717, 1.165) is 0 Å². The van der Waals surface area contributed by atoms with Crippen molar-refractivity contribution in [2.45, 2.75) is 31.7 Å². The zero-order valence-corrected chi connectivity index (χ0v) is 5.90. The van der Waals surface area contributed by atoms with Gasteiger partial charge in [-0.3, -0.25) is 0 Å². The van der Waals surface area contributed by atoms with Crippen molar-refractivity contribution >= 4 is 0 Å². The highest BCUT2D eigenvalue weighted by molar-refractivity contribution is 4.71. The molecule has 4 nitrogen and oxygen atoms in total. The molecular weight excluding hydrogens is 136 g/mol. The molecule has 0 amide bonds. The first-order valence-corrected chi connectivity index (χ1v) is 3.22. The predicted octanol–water partition coefficient (Wildman–Crippen LogP) is -1.09. The van der Waals surface area contributed by atoms with Crippen molar-refractivity contribution in [1.82, 2.24) is 0 Å². The van der Waals surface area contributed by atoms with Gasteiger partial charge in [-0.2, -0.15) is 0 Å². The SMILES string of the molecule is CC(O)C(O)C(O)CC[O]. The van der Waals surface area contributed by atoms with Gasteiger partial charge in [0, 0.05) is 6.42 Å². The maximum absolute atomic E-state index is 9.91. The molecular formula is C6H13O4. The number of hydrogen-bond donors (Lipinski definition) is 3. The topological polar surface area (TPSA) is 80.6 Å². The van der Waals surface area contributed by atoms with Crippen molar-refractivity contribution in [2.75, 3.05) is 6.61 Å². The third kappa shape index (κ3) is 3.12. The number of aliphatic hydroxyl groups is 3. The third-order valence-corrected chi connectivity index (χ3v) is 1.30. The molecule has 0 aromatic rings. The van der Waals surface area contributed by atoms with Gasteiger partial charge in [-0.15, -0.1) is 0 Å². The Labute approximate surface area is 59.7 Å². The summed E-state index contributed by atoms with van der Waals surface area (Å²) < 4.78 is 0. The molecule has 10 heavy (non-hydrogen) atoms. The van der Waals surface area contributed by atoms with Crippen molar-refractivity contribution in [3.8, 4) is 0 Å². The number of hydrogen-bond acceptors (Lipinski definition) is 3. The minimum atomic E-state index is -1.20. The van der Waals surface area contributed by atoms with Crippen LogP contribution in [0.2, 0.25) is 0 Å². The Bertz CT molecular complexity index is 83.8. The smallest absolute Gasteiger partial charge is 0.105 e. The second kappa shape index (κ2) is 4.62. The van der Waals surface area contributed by atoms with Crippen LogP contribution in [-0.2, 0) is 5.11 Å². The highest BCUT2D eigenvalue weighted by Crippen LogP contribution is 2.02. The van der Waals surface area contributed by atoms with Crippen LogP contribution in [0.25, 0.3) is 0 Å². The Morgan fingerprint density at radius 2 is 1.80 bits per heavy atom. The molecule has 0 aliphatic heterocycles. The largest absolute Gasteiger partial charge is 0.391 e. The van der Waals surface area contributed by atoms with Crippen molar-refractivity contribution in [1.29, 1.82) is 0 Å². The first-order chi connectivity index (χ1) is 4.59. The van der Waals surface area contributed by atoms with Crippen LogP contribution in [0.15, 0.2) is 0 Å². The van der Waals surface area contributed by atoms with E-state index in [-0.39, 0.29) is 6.42 Å². The summed E-state index contributed by atoms with van der Waals surface area (Å²) in [6, 6.07) is 0. The van der Waals surface area contributed by atoms with E-state index in [1.165, 1.54) is 6.92 Å². The molecule has 0 aliphatic carbocycles. The summed E-state index contributed by atoms with van der Waals surface area (Å²) in [5.41, 5.74) is 0. The summed E-state index contributed by atoms with van der Waals surface area (Å²) in [4.78, 5) is 0. The fraction of sp³-hybridized carbons (Fsp3) is 1.00. The molecule has 0 aromatic heterocycles. The lowest BCUT2D eigenvalue weighted by Crippen LogP contribution is -2.35. The van der Waals surface area contributed by atoms with Crippen LogP contribution in [0.5, 0.6) is 0 Å². The van der Waals surface area contributed by atoms with E-state index in [9.17, 15) is 5.11 Å². The molecule has 4 heteroatoms. The van der Waals surface area contributed by atoms with Gasteiger partial charge in [-0.25, -0.2) is 5.11 Å². The Hall–Kier alpha value is -0.160. The van der Waals surface area contributed by atoms with Gasteiger partial charge in [0.1, 0.15) is 6.10 Å². The molecule has 3 atom stereocenters. The summed E-state index contributed by atoms with van der Waals surface area (Å²) >= 11 is 0. The molecule has 3 unspecified atom stereocenters. The standard InChI is InChI=1S/C6H13O4/c1-4(8)6(10)5(9)2-3-7/h4-6,8-10H,2-3H2,1H3. The van der Waals surface area contributed by atoms with Gasteiger partial charge in [-0.1, -0.05) is 0 Å². The summed E-state index contributed by atoms with van der Waals surface area (Å²) in [5.74, 6) is 0. The molecule has 61 valence electrons. The van der Waals surface area contributed by atoms with Crippen molar-refractivity contribution in [3.05, 3.63) is 0 Å². The highest BCUT2D eigenvalue weighted by atomic mass is 16.4. The zero-order chi connectivity index (χ0) is 8.15. The van der Waals surface area contributed by atoms with Gasteiger partial charge in [-0.05, 0) is 6.92 Å². The van der Waals surface area contributed by atoms with Crippen molar-refractivity contribution in [2.24, 2.45) is 0 Å². The number of aliphatic hydroxyl groups excluding tert-OH is 3. The van der Waals surface area contributed by atoms with E-state index in [0.29, 0.717) is 0 Å². The van der Waals surface area contributed by atoms with E-state index < -0.39 is 24.9 Å². The van der Waals surface area contributed by atoms with Crippen LogP contribution in [-0.4, -0.2) is 40.2 Å². The maximum atomic E-state index is 9.91. The molecule has 0 aromatic carbocycles. The lowest BCUT2D eigenvalue weighted by molar-refractivity contribution is -0.0614. The van der Waals surface area contributed by atoms with Crippen LogP contribution in [0.4, 0.5) is 0 Å². The fourth-order valence-electron chi connectivity index (χ4n) is 0.613. The molecule has 3 N–H and O–H groups in total. The van der Waals surface area contributed by atoms with Gasteiger partial charge in [0.05, 0.1) is 18.8 Å². The monoisotopic (exact) mass is 149 g/mol. The third-order valence-electron chi connectivity index (χ3n) is 1.30. The van der Waals surface area contributed by atoms with Crippen LogP contribution in [0.3, 0.4) is 0 Å². The predicted molar refractivity (Wildman–Crippen MR) is 33.9 cm³/mol. The summed E-state index contributed by atoms with van der Waals surface area (Å²) in [6.45, 7) is 0.920. The summed E-state index contributed by atoms with van der Waals surface area (Å²) in [5, 5.41) is 36.4. The van der Waals surface area contributed by atoms with Gasteiger partial charge < -0.3 is 15.3 Å². The molecule has 0 rings (SSSR count). The average Bonchev–Trinajstić information content (AvgIpc) is 1.87. The van der Waals surface area contributed by atoms with E-state index in [4.69, 9.17) is 15.3 Å². The highest BCUT2D eigenvalue weighted by Gasteiger charge is 2.20. The van der Waals surface area contributed by atoms with Gasteiger partial charge in [0.15, 0.2) is 0 Å². The van der Waals surface area contributed by atoms with Crippen LogP contribution in [0, 0.1) is 0 Å². The maximum Gasteiger partial charge on any atom is 0.105 e. The zero-order valence-electron chi connectivity index (χ0n) is 5.90. The first kappa shape index (κ1) is 9.84. The lowest BCUT2D eigenvalue weighted by atomic mass is 10.1. The molecule has 0 bridgehead atoms. The minimum absolute atomic E-state index is 0.0218. The number of rotatable bonds is 4. The molecule has 0 heterocycles. The second-order valence-corrected chi connectivity index (χ2v) is 2.29. The summed E-state index contributed by atoms with van der Waals surface area (Å²) in [6.07, 6.45) is -3.31. The van der Waals surface area contributed by atoms with E-state index in [2.05, 4.69) is 0 Å². The molecule has 0 fully saturated rings. The average molecular weight is 149 g/mol. The van der Waals surface area contributed by atoms with Gasteiger partial charge >= 0.3 is 0 Å². The Morgan fingerprint density at radius 1 is 1.30 bits per heavy atom. The van der Waals surface area contributed by atoms with Gasteiger partial charge in [0.2, 0.25) is 0 Å². The lowest BCUT2D eigenvalue weighted by Gasteiger charge is -2.18. The Morgan fingerprint density at radius 3 is 2.10 bits per heavy atom. The Kier molecular flexibility index (Phi) is 4.55. The summed E-state index contributed by atoms with van der Waals surface area (Å²) in [7, 11) is 0. The molecule has 1 radical (unpaired) electrons. The van der Waals surface area contributed by atoms with E-state index >= 15 is 0 Å². The molecule has 0 saturated carbocycles. The van der Waals surface area contributed by atoms with Crippen LogP contribution in [0.1, 0.15) is 13.3 Å². The van der Waals surface area contributed by atoms with Crippen LogP contribution >= 0.6 is 0 Å². The van der Waals surface area contributed by atoms with Crippen molar-refractivity contribution < 1.29 is 20.4 Å². The van der Waals surface area contributed by atoms with E-state index in [1.807, 2.05) is 0 Å². The van der Waals surface area contributed by atoms with Crippen molar-refractivity contribution in [3.63, 3.8) is 0 Å².